The largest absolute Gasteiger partial charge is 0.366 e. The number of carbonyl (C=O) groups is 1. The van der Waals surface area contributed by atoms with Crippen LogP contribution in [0.1, 0.15) is 18.4 Å². The molecule has 1 aliphatic heterocycles. The number of rotatable bonds is 4. The maximum absolute atomic E-state index is 12.0. The summed E-state index contributed by atoms with van der Waals surface area (Å²) in [4.78, 5) is 12.0. The topological polar surface area (TPSA) is 52.3 Å². The number of nitrogens with two attached hydrogens (primary N) is 1. The second-order valence-corrected chi connectivity index (χ2v) is 5.25. The first-order valence-electron chi connectivity index (χ1n) is 5.81. The van der Waals surface area contributed by atoms with Gasteiger partial charge in [-0.15, -0.1) is 0 Å². The predicted octanol–water partition coefficient (Wildman–Crippen LogP) is 2.07. The highest BCUT2D eigenvalue weighted by Gasteiger charge is 2.29. The van der Waals surface area contributed by atoms with Crippen molar-refractivity contribution in [1.82, 2.24) is 0 Å². The summed E-state index contributed by atoms with van der Waals surface area (Å²) in [6, 6.07) is 7.80. The fourth-order valence-corrected chi connectivity index (χ4v) is 2.30. The van der Waals surface area contributed by atoms with Crippen LogP contribution < -0.4 is 5.73 Å². The van der Waals surface area contributed by atoms with Crippen molar-refractivity contribution in [3.8, 4) is 0 Å². The van der Waals surface area contributed by atoms with Crippen LogP contribution in [0, 0.1) is 0 Å². The van der Waals surface area contributed by atoms with Crippen molar-refractivity contribution in [2.45, 2.75) is 31.5 Å². The first-order chi connectivity index (χ1) is 8.19. The molecule has 92 valence electrons. The lowest BCUT2D eigenvalue weighted by Crippen LogP contribution is -2.26. The molecule has 2 N–H and O–H groups in total. The smallest absolute Gasteiger partial charge is 0.165 e. The fourth-order valence-electron chi connectivity index (χ4n) is 2.03. The lowest BCUT2D eigenvalue weighted by molar-refractivity contribution is -0.128. The van der Waals surface area contributed by atoms with Crippen LogP contribution in [0.25, 0.3) is 0 Å². The molecule has 1 aliphatic rings. The molecule has 0 aliphatic carbocycles. The van der Waals surface area contributed by atoms with E-state index >= 15 is 0 Å². The summed E-state index contributed by atoms with van der Waals surface area (Å²) in [5, 5.41) is 0. The van der Waals surface area contributed by atoms with E-state index < -0.39 is 0 Å². The van der Waals surface area contributed by atoms with Gasteiger partial charge in [-0.25, -0.2) is 0 Å². The monoisotopic (exact) mass is 297 g/mol. The molecule has 0 aromatic heterocycles. The van der Waals surface area contributed by atoms with E-state index in [1.807, 2.05) is 24.3 Å². The van der Waals surface area contributed by atoms with E-state index in [9.17, 15) is 4.79 Å². The average molecular weight is 298 g/mol. The number of Topliss-reactive ketones (excluding diaryl/α,β-unsaturated/α-hetero) is 1. The third-order valence-corrected chi connectivity index (χ3v) is 3.55. The molecule has 0 bridgehead atoms. The van der Waals surface area contributed by atoms with Crippen LogP contribution in [0.15, 0.2) is 28.7 Å². The Balaban J connectivity index is 1.91. The number of hydrogen-bond donors (Lipinski definition) is 1. The summed E-state index contributed by atoms with van der Waals surface area (Å²) in [6.07, 6.45) is 1.95. The van der Waals surface area contributed by atoms with E-state index in [0.29, 0.717) is 13.0 Å². The highest BCUT2D eigenvalue weighted by atomic mass is 79.9. The summed E-state index contributed by atoms with van der Waals surface area (Å²) in [6.45, 7) is 0.502. The highest BCUT2D eigenvalue weighted by Crippen LogP contribution is 2.21. The molecule has 0 radical (unpaired) electrons. The summed E-state index contributed by atoms with van der Waals surface area (Å²) in [5.41, 5.74) is 6.55. The molecule has 1 fully saturated rings. The van der Waals surface area contributed by atoms with Gasteiger partial charge in [0, 0.05) is 17.4 Å². The molecule has 0 amide bonds. The van der Waals surface area contributed by atoms with Crippen LogP contribution in [0.3, 0.4) is 0 Å². The zero-order valence-electron chi connectivity index (χ0n) is 9.56. The number of hydrogen-bond acceptors (Lipinski definition) is 3. The number of ketones is 1. The Labute approximate surface area is 109 Å². The minimum Gasteiger partial charge on any atom is -0.366 e. The van der Waals surface area contributed by atoms with Crippen LogP contribution in [0.5, 0.6) is 0 Å². The van der Waals surface area contributed by atoms with Crippen LogP contribution in [-0.2, 0) is 16.0 Å². The Morgan fingerprint density at radius 1 is 1.35 bits per heavy atom. The molecule has 2 rings (SSSR count). The Morgan fingerprint density at radius 2 is 2.06 bits per heavy atom. The lowest BCUT2D eigenvalue weighted by atomic mass is 10.0. The molecule has 1 heterocycles. The van der Waals surface area contributed by atoms with E-state index in [1.54, 1.807) is 0 Å². The van der Waals surface area contributed by atoms with Crippen LogP contribution in [-0.4, -0.2) is 24.5 Å². The van der Waals surface area contributed by atoms with E-state index in [0.717, 1.165) is 22.9 Å². The second kappa shape index (κ2) is 5.76. The molecule has 3 nitrogen and oxygen atoms in total. The van der Waals surface area contributed by atoms with Crippen molar-refractivity contribution in [2.24, 2.45) is 5.73 Å². The minimum absolute atomic E-state index is 0.0638. The minimum atomic E-state index is -0.257. The van der Waals surface area contributed by atoms with E-state index in [4.69, 9.17) is 10.5 Å². The molecule has 1 saturated heterocycles. The normalized spacial score (nSPS) is 23.9. The summed E-state index contributed by atoms with van der Waals surface area (Å²) in [5.74, 6) is 0.156. The Bertz CT molecular complexity index is 391. The third-order valence-electron chi connectivity index (χ3n) is 3.02. The van der Waals surface area contributed by atoms with Gasteiger partial charge in [-0.1, -0.05) is 28.1 Å². The predicted molar refractivity (Wildman–Crippen MR) is 69.8 cm³/mol. The van der Waals surface area contributed by atoms with Crippen molar-refractivity contribution < 1.29 is 9.53 Å². The molecule has 4 heteroatoms. The van der Waals surface area contributed by atoms with Crippen molar-refractivity contribution in [3.63, 3.8) is 0 Å². The molecule has 1 aromatic rings. The first kappa shape index (κ1) is 12.7. The van der Waals surface area contributed by atoms with Gasteiger partial charge in [-0.2, -0.15) is 0 Å². The number of ether oxygens (including phenoxy) is 1. The summed E-state index contributed by atoms with van der Waals surface area (Å²) >= 11 is 3.37. The molecule has 0 saturated carbocycles. The number of halogens is 1. The van der Waals surface area contributed by atoms with Crippen LogP contribution in [0.2, 0.25) is 0 Å². The molecule has 2 atom stereocenters. The van der Waals surface area contributed by atoms with Crippen molar-refractivity contribution in [3.05, 3.63) is 34.3 Å². The first-order valence-corrected chi connectivity index (χ1v) is 6.61. The quantitative estimate of drug-likeness (QED) is 0.926. The maximum Gasteiger partial charge on any atom is 0.165 e. The van der Waals surface area contributed by atoms with Crippen LogP contribution >= 0.6 is 15.9 Å². The van der Waals surface area contributed by atoms with Crippen molar-refractivity contribution in [2.75, 3.05) is 6.54 Å². The number of benzene rings is 1. The third kappa shape index (κ3) is 3.37. The van der Waals surface area contributed by atoms with Gasteiger partial charge in [0.05, 0.1) is 6.10 Å². The zero-order valence-corrected chi connectivity index (χ0v) is 11.2. The van der Waals surface area contributed by atoms with Crippen molar-refractivity contribution in [1.29, 1.82) is 0 Å². The van der Waals surface area contributed by atoms with Crippen molar-refractivity contribution >= 4 is 21.7 Å². The van der Waals surface area contributed by atoms with Gasteiger partial charge >= 0.3 is 0 Å². The van der Waals surface area contributed by atoms with Gasteiger partial charge in [0.15, 0.2) is 5.78 Å². The Morgan fingerprint density at radius 3 is 2.65 bits per heavy atom. The van der Waals surface area contributed by atoms with Gasteiger partial charge in [-0.3, -0.25) is 4.79 Å². The lowest BCUT2D eigenvalue weighted by Gasteiger charge is -2.11. The zero-order chi connectivity index (χ0) is 12.3. The maximum atomic E-state index is 12.0. The Hall–Kier alpha value is -0.710. The fraction of sp³-hybridized carbons (Fsp3) is 0.462. The molecule has 1 aromatic carbocycles. The van der Waals surface area contributed by atoms with Gasteiger partial charge in [0.25, 0.3) is 0 Å². The van der Waals surface area contributed by atoms with Gasteiger partial charge in [-0.05, 0) is 30.5 Å². The van der Waals surface area contributed by atoms with E-state index in [-0.39, 0.29) is 18.0 Å². The Kier molecular flexibility index (Phi) is 4.31. The average Bonchev–Trinajstić information content (AvgIpc) is 2.81. The molecular formula is C13H16BrNO2. The van der Waals surface area contributed by atoms with Gasteiger partial charge in [0.2, 0.25) is 0 Å². The number of carbonyl (C=O) groups excluding carboxylic acids is 1. The standard InChI is InChI=1S/C13H16BrNO2/c14-10-3-1-9(2-4-10)7-12(16)13-6-5-11(8-15)17-13/h1-4,11,13H,5-8,15H2. The van der Waals surface area contributed by atoms with Gasteiger partial charge < -0.3 is 10.5 Å². The summed E-state index contributed by atoms with van der Waals surface area (Å²) < 4.78 is 6.61. The highest BCUT2D eigenvalue weighted by molar-refractivity contribution is 9.10. The molecular weight excluding hydrogens is 282 g/mol. The van der Waals surface area contributed by atoms with E-state index in [2.05, 4.69) is 15.9 Å². The SMILES string of the molecule is NCC1CCC(C(=O)Cc2ccc(Br)cc2)O1. The van der Waals surface area contributed by atoms with E-state index in [1.165, 1.54) is 0 Å². The van der Waals surface area contributed by atoms with Gasteiger partial charge in [0.1, 0.15) is 6.10 Å². The van der Waals surface area contributed by atoms with Crippen LogP contribution in [0.4, 0.5) is 0 Å². The molecule has 0 spiro atoms. The second-order valence-electron chi connectivity index (χ2n) is 4.33. The molecule has 17 heavy (non-hydrogen) atoms. The summed E-state index contributed by atoms with van der Waals surface area (Å²) in [7, 11) is 0. The molecule has 2 unspecified atom stereocenters.